The topological polar surface area (TPSA) is 435 Å². The maximum Gasteiger partial charge on any atom is 0.325 e. The number of ketones is 2. The van der Waals surface area contributed by atoms with Crippen molar-refractivity contribution in [1.29, 1.82) is 0 Å². The van der Waals surface area contributed by atoms with E-state index in [2.05, 4.69) is 56.4 Å². The van der Waals surface area contributed by atoms with Crippen molar-refractivity contribution in [2.24, 2.45) is 29.6 Å². The molecule has 2 aromatic rings. The van der Waals surface area contributed by atoms with Crippen molar-refractivity contribution in [3.8, 4) is 0 Å². The number of ether oxygens (including phenoxy) is 4. The molecule has 0 aromatic heterocycles. The number of carbonyl (C=O) groups is 12. The van der Waals surface area contributed by atoms with E-state index in [0.29, 0.717) is 81.2 Å². The number of aliphatic hydroxyl groups is 4. The zero-order valence-electron chi connectivity index (χ0n) is 71.9. The Morgan fingerprint density at radius 2 is 0.617 bits per heavy atom. The summed E-state index contributed by atoms with van der Waals surface area (Å²) in [5.41, 5.74) is 2.03. The molecule has 0 spiro atoms. The molecule has 0 saturated carbocycles. The predicted octanol–water partition coefficient (Wildman–Crippen LogP) is 6.96. The van der Waals surface area contributed by atoms with Crippen molar-refractivity contribution in [1.82, 2.24) is 67.0 Å². The maximum absolute atomic E-state index is 12.5. The molecule has 20 atom stereocenters. The zero-order chi connectivity index (χ0) is 87.0. The Balaban J connectivity index is 0.000000185. The largest absolute Gasteiger partial charge is 0.389 e. The summed E-state index contributed by atoms with van der Waals surface area (Å²) in [5, 5.41) is 65.6. The molecule has 668 valence electrons. The first-order chi connectivity index (χ1) is 57.6. The standard InChI is InChI=1S/C26H35N3O6.C25H34N4O6.2C18H33N3O4/c1-3-19-22(32)23(24(27-19)29-14-15(2)25(33)28-26(29)34)35-13-9-5-4-6-12-18-20(30)16-10-7-8-11-17(16)21(18)31;1-3-18-20(19(30)21(26-18)29-14-15(2)22(31)27-25(29)34)35-13-9-5-4-8-12-28-23(32)16-10-6-7-11-17(16)24(28)33;1-4-6-7-8-9-10-25-15-13(5-2)19-16(14(15)22)21-11-12(3)17(23)20-18(21)24;1-4-6-7-8-9-10-25-15-14(22)13(5-2)19-16(15)21-11-12(3)17(23)20-18(21)24/h7-8,10-11,15,18-19,22-24,27,32H,3-6,9,12-14H2,1-2H3,(H,28,33,34);6-7,10-11,15,18-21,26,30H,3-5,8-9,12-14H2,1-2H3,(H,27,31,34);2*12-16,19,22H,4-11H2,1-3H3,(H,20,23,24)/t15?,19-,22?,23+,24+;15?,18-,19+,20?,21+;12?,13-,14+,15?,16+;12?,13-,14?,15+,16+/m1111/s1. The number of urea groups is 4. The van der Waals surface area contributed by atoms with E-state index >= 15 is 0 Å². The van der Waals surface area contributed by atoms with Gasteiger partial charge in [0.2, 0.25) is 23.6 Å². The summed E-state index contributed by atoms with van der Waals surface area (Å²) in [7, 11) is 0. The Hall–Kier alpha value is -7.80. The van der Waals surface area contributed by atoms with Gasteiger partial charge in [-0.3, -0.25) is 85.8 Å². The van der Waals surface area contributed by atoms with E-state index in [4.69, 9.17) is 18.9 Å². The number of nitrogens with one attached hydrogen (secondary N) is 8. The van der Waals surface area contributed by atoms with Crippen LogP contribution in [0.4, 0.5) is 19.2 Å². The van der Waals surface area contributed by atoms with Crippen molar-refractivity contribution in [2.45, 2.75) is 315 Å². The van der Waals surface area contributed by atoms with Gasteiger partial charge in [0.15, 0.2) is 11.6 Å². The number of Topliss-reactive ketones (excluding diaryl/α,β-unsaturated/α-hetero) is 2. The average molecular weight is 1680 g/mol. The summed E-state index contributed by atoms with van der Waals surface area (Å²) in [6.07, 6.45) is 14.5. The van der Waals surface area contributed by atoms with E-state index < -0.39 is 97.4 Å². The Kier molecular flexibility index (Phi) is 37.3. The number of hydrogen-bond acceptors (Lipinski definition) is 24. The number of benzene rings is 2. The SMILES string of the molecule is CCCCCCCOC1[C@@H](CC)N[C@@H](N2CC(C)C(=O)NC2=O)[C@H]1O.CCCCCCCO[C@H]1C(O)[C@@H](CC)N[C@H]1N1CC(C)C(=O)NC1=O.CC[C@H]1N[C@@H](N2CC(C)C(=O)NC2=O)[C@@H](O)C1OCCCCCCN1C(=O)c2ccccc2C1=O.CC[C@H]1N[C@@H](N2CC(C)C(=O)NC2=O)[C@@H](OCCCCCCC2C(=O)c3ccccc3C2=O)C1O. The number of hydrogen-bond donors (Lipinski definition) is 12. The molecule has 0 radical (unpaired) electrons. The van der Waals surface area contributed by atoms with Crippen LogP contribution >= 0.6 is 0 Å². The van der Waals surface area contributed by atoms with Crippen LogP contribution in [0, 0.1) is 29.6 Å². The maximum atomic E-state index is 12.5. The van der Waals surface area contributed by atoms with Crippen molar-refractivity contribution >= 4 is 71.1 Å². The summed E-state index contributed by atoms with van der Waals surface area (Å²) in [6.45, 7) is 23.1. The zero-order valence-corrected chi connectivity index (χ0v) is 71.9. The second-order valence-corrected chi connectivity index (χ2v) is 33.8. The summed E-state index contributed by atoms with van der Waals surface area (Å²) in [4.78, 5) is 153. The highest BCUT2D eigenvalue weighted by atomic mass is 16.5. The molecule has 10 aliphatic rings. The molecule has 12 N–H and O–H groups in total. The number of imide groups is 5. The third-order valence-corrected chi connectivity index (χ3v) is 24.9. The van der Waals surface area contributed by atoms with Gasteiger partial charge in [-0.05, 0) is 76.3 Å². The Labute approximate surface area is 706 Å². The second kappa shape index (κ2) is 46.6. The molecule has 8 fully saturated rings. The number of nitrogens with zero attached hydrogens (tertiary/aromatic N) is 5. The highest BCUT2D eigenvalue weighted by molar-refractivity contribution is 6.26. The number of fused-ring (bicyclic) bond motifs is 2. The van der Waals surface area contributed by atoms with Crippen LogP contribution in [0.15, 0.2) is 48.5 Å². The first kappa shape index (κ1) is 96.0. The molecule has 0 bridgehead atoms. The lowest BCUT2D eigenvalue weighted by Crippen LogP contribution is -2.62. The minimum Gasteiger partial charge on any atom is -0.389 e. The molecule has 8 saturated heterocycles. The van der Waals surface area contributed by atoms with Crippen LogP contribution in [0.2, 0.25) is 0 Å². The van der Waals surface area contributed by atoms with Gasteiger partial charge in [-0.2, -0.15) is 0 Å². The lowest BCUT2D eigenvalue weighted by atomic mass is 9.96. The Bertz CT molecular complexity index is 3730. The van der Waals surface area contributed by atoms with E-state index in [1.54, 1.807) is 86.0 Å². The van der Waals surface area contributed by atoms with Crippen molar-refractivity contribution in [3.63, 3.8) is 0 Å². The average Bonchev–Trinajstić information content (AvgIpc) is 1.57. The van der Waals surface area contributed by atoms with Crippen molar-refractivity contribution in [2.75, 3.05) is 59.2 Å². The van der Waals surface area contributed by atoms with E-state index in [9.17, 15) is 78.0 Å². The Morgan fingerprint density at radius 3 is 0.942 bits per heavy atom. The van der Waals surface area contributed by atoms with Gasteiger partial charge in [0, 0.05) is 94.4 Å². The lowest BCUT2D eigenvalue weighted by Gasteiger charge is -2.37. The molecule has 120 heavy (non-hydrogen) atoms. The van der Waals surface area contributed by atoms with Crippen LogP contribution in [-0.2, 0) is 38.1 Å². The van der Waals surface area contributed by atoms with Gasteiger partial charge < -0.3 is 59.0 Å². The van der Waals surface area contributed by atoms with Crippen LogP contribution in [0.1, 0.15) is 258 Å². The second-order valence-electron chi connectivity index (χ2n) is 33.8. The normalized spacial score (nSPS) is 30.6. The van der Waals surface area contributed by atoms with E-state index in [-0.39, 0.29) is 114 Å². The third kappa shape index (κ3) is 24.0. The number of amides is 14. The van der Waals surface area contributed by atoms with Gasteiger partial charge in [0.05, 0.1) is 52.9 Å². The molecule has 14 amide bonds. The molecule has 33 heteroatoms. The van der Waals surface area contributed by atoms with Gasteiger partial charge in [-0.15, -0.1) is 0 Å². The van der Waals surface area contributed by atoms with Crippen molar-refractivity contribution < 1.29 is 96.9 Å². The van der Waals surface area contributed by atoms with Crippen molar-refractivity contribution in [3.05, 3.63) is 70.8 Å². The molecule has 1 aliphatic carbocycles. The molecule has 12 rings (SSSR count). The van der Waals surface area contributed by atoms with Crippen LogP contribution < -0.4 is 42.5 Å². The summed E-state index contributed by atoms with van der Waals surface area (Å²) in [5.74, 6) is -3.48. The van der Waals surface area contributed by atoms with Gasteiger partial charge in [-0.25, -0.2) is 19.2 Å². The summed E-state index contributed by atoms with van der Waals surface area (Å²) in [6, 6.07) is 11.7. The smallest absolute Gasteiger partial charge is 0.325 e. The molecular weight excluding hydrogens is 1550 g/mol. The third-order valence-electron chi connectivity index (χ3n) is 24.9. The first-order valence-electron chi connectivity index (χ1n) is 44.5. The molecule has 2 aromatic carbocycles. The quantitative estimate of drug-likeness (QED) is 0.0184. The number of rotatable bonds is 38. The van der Waals surface area contributed by atoms with E-state index in [1.807, 2.05) is 27.7 Å². The van der Waals surface area contributed by atoms with Crippen LogP contribution in [-0.4, -0.2) is 273 Å². The number of aliphatic hydroxyl groups excluding tert-OH is 4. The summed E-state index contributed by atoms with van der Waals surface area (Å²) >= 11 is 0. The highest BCUT2D eigenvalue weighted by Gasteiger charge is 2.53. The molecular formula is C87H135N13O20. The summed E-state index contributed by atoms with van der Waals surface area (Å²) < 4.78 is 24.0. The van der Waals surface area contributed by atoms with Gasteiger partial charge in [-0.1, -0.05) is 189 Å². The molecule has 8 unspecified atom stereocenters. The number of unbranched alkanes of at least 4 members (excludes halogenated alkanes) is 14. The minimum absolute atomic E-state index is 0.00336. The van der Waals surface area contributed by atoms with Crippen LogP contribution in [0.25, 0.3) is 0 Å². The fraction of sp³-hybridized carbons (Fsp3) is 0.724. The molecule has 33 nitrogen and oxygen atoms in total. The van der Waals surface area contributed by atoms with Gasteiger partial charge >= 0.3 is 24.1 Å². The lowest BCUT2D eigenvalue weighted by molar-refractivity contribution is -0.127. The monoisotopic (exact) mass is 1680 g/mol. The molecule has 9 aliphatic heterocycles. The van der Waals surface area contributed by atoms with E-state index in [1.165, 1.54) is 53.2 Å². The predicted molar refractivity (Wildman–Crippen MR) is 444 cm³/mol. The van der Waals surface area contributed by atoms with Crippen LogP contribution in [0.5, 0.6) is 0 Å². The van der Waals surface area contributed by atoms with Gasteiger partial charge in [0.1, 0.15) is 61.3 Å². The van der Waals surface area contributed by atoms with Gasteiger partial charge in [0.25, 0.3) is 11.8 Å². The molecule has 9 heterocycles. The minimum atomic E-state index is -0.903. The van der Waals surface area contributed by atoms with E-state index in [0.717, 1.165) is 96.3 Å². The highest BCUT2D eigenvalue weighted by Crippen LogP contribution is 2.34. The number of carbonyl (C=O) groups excluding carboxylic acids is 12. The Morgan fingerprint density at radius 1 is 0.333 bits per heavy atom. The fourth-order valence-electron chi connectivity index (χ4n) is 17.6. The first-order valence-corrected chi connectivity index (χ1v) is 44.5. The fourth-order valence-corrected chi connectivity index (χ4v) is 17.6. The van der Waals surface area contributed by atoms with Crippen LogP contribution in [0.3, 0.4) is 0 Å².